The number of carbonyl (C=O) groups is 3. The summed E-state index contributed by atoms with van der Waals surface area (Å²) in [4.78, 5) is 31.3. The lowest BCUT2D eigenvalue weighted by atomic mass is 10.0. The van der Waals surface area contributed by atoms with E-state index in [1.54, 1.807) is 20.8 Å². The molecule has 0 aliphatic heterocycles. The van der Waals surface area contributed by atoms with Crippen molar-refractivity contribution in [2.24, 2.45) is 5.92 Å². The van der Waals surface area contributed by atoms with Gasteiger partial charge in [0.05, 0.1) is 0 Å². The number of aromatic nitrogens is 1. The Hall–Kier alpha value is -2.59. The number of amides is 1. The van der Waals surface area contributed by atoms with E-state index in [0.29, 0.717) is 5.76 Å². The SMILES string of the molecule is Cc1cc(C(=O)N[C@H](C(=O)O)C(C)C)no1.O=C(O)C(F)(F)F. The molecule has 1 rings (SSSR count). The first-order valence-electron chi connectivity index (χ1n) is 6.13. The highest BCUT2D eigenvalue weighted by Crippen LogP contribution is 2.13. The van der Waals surface area contributed by atoms with Gasteiger partial charge >= 0.3 is 18.1 Å². The standard InChI is InChI=1S/C10H14N2O4.C2HF3O2/c1-5(2)8(10(14)15)11-9(13)7-4-6(3)16-12-7;3-2(4,5)1(6)7/h4-5,8H,1-3H3,(H,11,13)(H,14,15);(H,6,7)/t8-;/m0./s1. The van der Waals surface area contributed by atoms with E-state index >= 15 is 0 Å². The summed E-state index contributed by atoms with van der Waals surface area (Å²) in [5, 5.41) is 21.9. The van der Waals surface area contributed by atoms with E-state index < -0.39 is 30.1 Å². The summed E-state index contributed by atoms with van der Waals surface area (Å²) in [5.41, 5.74) is 0.0874. The molecule has 11 heteroatoms. The lowest BCUT2D eigenvalue weighted by Crippen LogP contribution is -2.44. The van der Waals surface area contributed by atoms with E-state index in [9.17, 15) is 22.8 Å². The molecule has 0 bridgehead atoms. The van der Waals surface area contributed by atoms with Crippen LogP contribution < -0.4 is 5.32 Å². The molecule has 1 aromatic heterocycles. The van der Waals surface area contributed by atoms with Crippen molar-refractivity contribution in [2.45, 2.75) is 33.0 Å². The first-order chi connectivity index (χ1) is 10.4. The van der Waals surface area contributed by atoms with Gasteiger partial charge in [-0.15, -0.1) is 0 Å². The molecule has 0 unspecified atom stereocenters. The molecule has 3 N–H and O–H groups in total. The van der Waals surface area contributed by atoms with E-state index in [0.717, 1.165) is 0 Å². The zero-order valence-electron chi connectivity index (χ0n) is 12.3. The van der Waals surface area contributed by atoms with Crippen LogP contribution in [0, 0.1) is 12.8 Å². The van der Waals surface area contributed by atoms with Crippen LogP contribution in [0.15, 0.2) is 10.6 Å². The third kappa shape index (κ3) is 7.29. The van der Waals surface area contributed by atoms with Gasteiger partial charge in [-0.3, -0.25) is 4.79 Å². The maximum Gasteiger partial charge on any atom is 0.490 e. The van der Waals surface area contributed by atoms with Crippen molar-refractivity contribution in [2.75, 3.05) is 0 Å². The topological polar surface area (TPSA) is 130 Å². The minimum Gasteiger partial charge on any atom is -0.480 e. The number of halogens is 3. The molecule has 1 heterocycles. The molecule has 0 aromatic carbocycles. The number of carbonyl (C=O) groups excluding carboxylic acids is 1. The Bertz CT molecular complexity index is 567. The van der Waals surface area contributed by atoms with Crippen molar-refractivity contribution >= 4 is 17.8 Å². The number of aliphatic carboxylic acids is 2. The summed E-state index contributed by atoms with van der Waals surface area (Å²) in [6.07, 6.45) is -5.08. The molecule has 23 heavy (non-hydrogen) atoms. The molecule has 1 atom stereocenters. The highest BCUT2D eigenvalue weighted by Gasteiger charge is 2.38. The fourth-order valence-corrected chi connectivity index (χ4v) is 1.20. The fourth-order valence-electron chi connectivity index (χ4n) is 1.20. The Balaban J connectivity index is 0.000000585. The average Bonchev–Trinajstić information content (AvgIpc) is 2.81. The Morgan fingerprint density at radius 2 is 1.74 bits per heavy atom. The smallest absolute Gasteiger partial charge is 0.480 e. The number of hydrogen-bond acceptors (Lipinski definition) is 5. The third-order valence-electron chi connectivity index (χ3n) is 2.32. The van der Waals surface area contributed by atoms with Crippen molar-refractivity contribution in [3.05, 3.63) is 17.5 Å². The molecule has 0 aliphatic rings. The van der Waals surface area contributed by atoms with Crippen LogP contribution in [0.3, 0.4) is 0 Å². The normalized spacial score (nSPS) is 12.1. The first-order valence-corrected chi connectivity index (χ1v) is 6.13. The van der Waals surface area contributed by atoms with Gasteiger partial charge in [-0.2, -0.15) is 13.2 Å². The lowest BCUT2D eigenvalue weighted by molar-refractivity contribution is -0.192. The maximum absolute atomic E-state index is 11.6. The quantitative estimate of drug-likeness (QED) is 0.756. The first kappa shape index (κ1) is 20.4. The fraction of sp³-hybridized carbons (Fsp3) is 0.500. The van der Waals surface area contributed by atoms with Gasteiger partial charge in [-0.1, -0.05) is 19.0 Å². The second-order valence-electron chi connectivity index (χ2n) is 4.66. The van der Waals surface area contributed by atoms with Crippen molar-refractivity contribution in [1.82, 2.24) is 10.5 Å². The summed E-state index contributed by atoms with van der Waals surface area (Å²) in [7, 11) is 0. The van der Waals surface area contributed by atoms with E-state index in [4.69, 9.17) is 19.5 Å². The molecule has 0 aliphatic carbocycles. The van der Waals surface area contributed by atoms with Gasteiger partial charge in [0.25, 0.3) is 5.91 Å². The van der Waals surface area contributed by atoms with Crippen LogP contribution in [0.2, 0.25) is 0 Å². The Kier molecular flexibility index (Phi) is 7.23. The van der Waals surface area contributed by atoms with Crippen molar-refractivity contribution in [1.29, 1.82) is 0 Å². The summed E-state index contributed by atoms with van der Waals surface area (Å²) < 4.78 is 36.5. The number of carboxylic acid groups (broad SMARTS) is 2. The summed E-state index contributed by atoms with van der Waals surface area (Å²) in [6.45, 7) is 5.08. The molecule has 8 nitrogen and oxygen atoms in total. The highest BCUT2D eigenvalue weighted by atomic mass is 19.4. The summed E-state index contributed by atoms with van der Waals surface area (Å²) in [5.74, 6) is -4.06. The second-order valence-corrected chi connectivity index (χ2v) is 4.66. The largest absolute Gasteiger partial charge is 0.490 e. The van der Waals surface area contributed by atoms with Gasteiger partial charge < -0.3 is 20.1 Å². The number of nitrogens with one attached hydrogen (secondary N) is 1. The van der Waals surface area contributed by atoms with E-state index in [-0.39, 0.29) is 11.6 Å². The van der Waals surface area contributed by atoms with Gasteiger partial charge in [0.2, 0.25) is 0 Å². The third-order valence-corrected chi connectivity index (χ3v) is 2.32. The Morgan fingerprint density at radius 3 is 2.00 bits per heavy atom. The van der Waals surface area contributed by atoms with Crippen molar-refractivity contribution in [3.63, 3.8) is 0 Å². The van der Waals surface area contributed by atoms with Crippen LogP contribution in [0.25, 0.3) is 0 Å². The molecule has 0 saturated carbocycles. The average molecular weight is 340 g/mol. The van der Waals surface area contributed by atoms with E-state index in [2.05, 4.69) is 10.5 Å². The predicted molar refractivity (Wildman–Crippen MR) is 68.7 cm³/mol. The molecule has 1 amide bonds. The minimum atomic E-state index is -5.08. The molecule has 130 valence electrons. The van der Waals surface area contributed by atoms with Crippen LogP contribution in [0.1, 0.15) is 30.1 Å². The molecular formula is C12H15F3N2O6. The van der Waals surface area contributed by atoms with E-state index in [1.807, 2.05) is 0 Å². The maximum atomic E-state index is 11.6. The number of rotatable bonds is 4. The molecule has 0 radical (unpaired) electrons. The number of carboxylic acids is 2. The predicted octanol–water partition coefficient (Wildman–Crippen LogP) is 1.46. The van der Waals surface area contributed by atoms with Crippen LogP contribution in [-0.2, 0) is 9.59 Å². The van der Waals surface area contributed by atoms with Crippen LogP contribution in [0.4, 0.5) is 13.2 Å². The number of hydrogen-bond donors (Lipinski definition) is 3. The summed E-state index contributed by atoms with van der Waals surface area (Å²) >= 11 is 0. The van der Waals surface area contributed by atoms with Crippen LogP contribution >= 0.6 is 0 Å². The van der Waals surface area contributed by atoms with Crippen LogP contribution in [-0.4, -0.2) is 45.4 Å². The molecule has 0 spiro atoms. The molecule has 0 fully saturated rings. The van der Waals surface area contributed by atoms with Crippen molar-refractivity contribution < 1.29 is 42.3 Å². The second kappa shape index (κ2) is 8.15. The number of alkyl halides is 3. The van der Waals surface area contributed by atoms with Gasteiger partial charge in [0.15, 0.2) is 5.69 Å². The number of nitrogens with zero attached hydrogens (tertiary/aromatic N) is 1. The monoisotopic (exact) mass is 340 g/mol. The molecular weight excluding hydrogens is 325 g/mol. The Labute approximate surface area is 128 Å². The van der Waals surface area contributed by atoms with Gasteiger partial charge in [0.1, 0.15) is 11.8 Å². The zero-order valence-corrected chi connectivity index (χ0v) is 12.3. The molecule has 1 aromatic rings. The lowest BCUT2D eigenvalue weighted by Gasteiger charge is -2.16. The van der Waals surface area contributed by atoms with E-state index in [1.165, 1.54) is 6.07 Å². The number of aryl methyl sites for hydroxylation is 1. The van der Waals surface area contributed by atoms with Crippen LogP contribution in [0.5, 0.6) is 0 Å². The van der Waals surface area contributed by atoms with Gasteiger partial charge in [-0.05, 0) is 12.8 Å². The molecule has 0 saturated heterocycles. The van der Waals surface area contributed by atoms with Gasteiger partial charge in [0, 0.05) is 6.07 Å². The zero-order chi connectivity index (χ0) is 18.4. The highest BCUT2D eigenvalue weighted by molar-refractivity contribution is 5.94. The van der Waals surface area contributed by atoms with Crippen molar-refractivity contribution in [3.8, 4) is 0 Å². The van der Waals surface area contributed by atoms with Gasteiger partial charge in [-0.25, -0.2) is 9.59 Å². The summed E-state index contributed by atoms with van der Waals surface area (Å²) in [6, 6.07) is 0.527. The minimum absolute atomic E-state index is 0.0874. The Morgan fingerprint density at radius 1 is 1.26 bits per heavy atom.